The molecule has 90 valence electrons. The zero-order chi connectivity index (χ0) is 12.8. The summed E-state index contributed by atoms with van der Waals surface area (Å²) < 4.78 is 0. The van der Waals surface area contributed by atoms with Crippen LogP contribution in [0.1, 0.15) is 5.56 Å². The molecule has 1 rings (SSSR count). The normalized spacial score (nSPS) is 9.71. The van der Waals surface area contributed by atoms with E-state index in [-0.39, 0.29) is 17.1 Å². The third-order valence-electron chi connectivity index (χ3n) is 2.27. The molecule has 0 amide bonds. The van der Waals surface area contributed by atoms with Crippen molar-refractivity contribution in [2.45, 2.75) is 0 Å². The van der Waals surface area contributed by atoms with Gasteiger partial charge in [0.25, 0.3) is 0 Å². The van der Waals surface area contributed by atoms with E-state index in [2.05, 4.69) is 10.3 Å². The molecule has 1 N–H and O–H groups in total. The van der Waals surface area contributed by atoms with E-state index in [1.54, 1.807) is 25.1 Å². The molecule has 0 radical (unpaired) electrons. The van der Waals surface area contributed by atoms with Crippen LogP contribution < -0.4 is 10.2 Å². The van der Waals surface area contributed by atoms with Crippen LogP contribution in [0.15, 0.2) is 12.3 Å². The Balaban J connectivity index is 3.15. The number of hydrogen-bond donors (Lipinski definition) is 1. The number of pyridine rings is 1. The van der Waals surface area contributed by atoms with E-state index in [1.165, 1.54) is 12.3 Å². The largest absolute Gasteiger partial charge is 0.353 e. The maximum absolute atomic E-state index is 11.0. The lowest BCUT2D eigenvalue weighted by Gasteiger charge is -2.17. The van der Waals surface area contributed by atoms with Gasteiger partial charge in [0.1, 0.15) is 11.6 Å². The maximum Gasteiger partial charge on any atom is 0.329 e. The van der Waals surface area contributed by atoms with Crippen molar-refractivity contribution in [2.24, 2.45) is 0 Å². The van der Waals surface area contributed by atoms with Crippen LogP contribution in [0.5, 0.6) is 0 Å². The topological polar surface area (TPSA) is 95.1 Å². The van der Waals surface area contributed by atoms with Crippen molar-refractivity contribution in [3.05, 3.63) is 27.9 Å². The molecule has 0 spiro atoms. The second-order valence-electron chi connectivity index (χ2n) is 3.42. The molecule has 17 heavy (non-hydrogen) atoms. The quantitative estimate of drug-likeness (QED) is 0.590. The van der Waals surface area contributed by atoms with Gasteiger partial charge in [0.15, 0.2) is 0 Å². The molecule has 1 heterocycles. The minimum atomic E-state index is -0.573. The third kappa shape index (κ3) is 2.89. The average Bonchev–Trinajstić information content (AvgIpc) is 2.34. The first-order valence-corrected chi connectivity index (χ1v) is 5.01. The first-order chi connectivity index (χ1) is 8.11. The lowest BCUT2D eigenvalue weighted by molar-refractivity contribution is -0.384. The van der Waals surface area contributed by atoms with E-state index in [9.17, 15) is 10.1 Å². The smallest absolute Gasteiger partial charge is 0.329 e. The second kappa shape index (κ2) is 5.77. The van der Waals surface area contributed by atoms with Crippen molar-refractivity contribution >= 4 is 11.5 Å². The summed E-state index contributed by atoms with van der Waals surface area (Å²) in [7, 11) is 3.50. The van der Waals surface area contributed by atoms with Gasteiger partial charge in [-0.3, -0.25) is 10.1 Å². The highest BCUT2D eigenvalue weighted by Crippen LogP contribution is 2.27. The van der Waals surface area contributed by atoms with Gasteiger partial charge in [-0.15, -0.1) is 0 Å². The predicted molar refractivity (Wildman–Crippen MR) is 62.8 cm³/mol. The van der Waals surface area contributed by atoms with Gasteiger partial charge in [-0.25, -0.2) is 4.98 Å². The summed E-state index contributed by atoms with van der Waals surface area (Å²) in [6.45, 7) is 1.24. The highest BCUT2D eigenvalue weighted by molar-refractivity contribution is 5.65. The standard InChI is InChI=1S/C10H13N5O2/c1-12-5-6-14(2)10-9(15(16)17)8(7-11)3-4-13-10/h3-4,12H,5-6H2,1-2H3. The van der Waals surface area contributed by atoms with Crippen LogP contribution in [0.4, 0.5) is 11.5 Å². The van der Waals surface area contributed by atoms with Crippen LogP contribution >= 0.6 is 0 Å². The Hall–Kier alpha value is -2.20. The van der Waals surface area contributed by atoms with Gasteiger partial charge in [0, 0.05) is 26.3 Å². The first-order valence-electron chi connectivity index (χ1n) is 5.01. The summed E-state index contributed by atoms with van der Waals surface area (Å²) in [5.74, 6) is 0.212. The van der Waals surface area contributed by atoms with E-state index < -0.39 is 4.92 Å². The minimum Gasteiger partial charge on any atom is -0.353 e. The molecule has 0 atom stereocenters. The van der Waals surface area contributed by atoms with Crippen LogP contribution in [0.2, 0.25) is 0 Å². The summed E-state index contributed by atoms with van der Waals surface area (Å²) in [5, 5.41) is 22.7. The number of likely N-dealkylation sites (N-methyl/N-ethyl adjacent to an activating group) is 2. The SMILES string of the molecule is CNCCN(C)c1nccc(C#N)c1[N+](=O)[O-]. The summed E-state index contributed by atoms with van der Waals surface area (Å²) in [4.78, 5) is 16.0. The number of nitriles is 1. The molecule has 0 aliphatic carbocycles. The molecule has 0 saturated heterocycles. The molecule has 0 aliphatic heterocycles. The lowest BCUT2D eigenvalue weighted by atomic mass is 10.2. The van der Waals surface area contributed by atoms with Gasteiger partial charge in [-0.2, -0.15) is 5.26 Å². The highest BCUT2D eigenvalue weighted by atomic mass is 16.6. The Morgan fingerprint density at radius 2 is 2.41 bits per heavy atom. The van der Waals surface area contributed by atoms with Crippen LogP contribution in [-0.2, 0) is 0 Å². The van der Waals surface area contributed by atoms with Gasteiger partial charge in [0.05, 0.1) is 4.92 Å². The summed E-state index contributed by atoms with van der Waals surface area (Å²) in [6.07, 6.45) is 1.40. The number of hydrogen-bond acceptors (Lipinski definition) is 6. The van der Waals surface area contributed by atoms with Crippen molar-refractivity contribution < 1.29 is 4.92 Å². The minimum absolute atomic E-state index is 0.0244. The van der Waals surface area contributed by atoms with Crippen molar-refractivity contribution in [1.82, 2.24) is 10.3 Å². The monoisotopic (exact) mass is 235 g/mol. The van der Waals surface area contributed by atoms with E-state index in [0.29, 0.717) is 13.1 Å². The second-order valence-corrected chi connectivity index (χ2v) is 3.42. The van der Waals surface area contributed by atoms with Crippen LogP contribution in [0.3, 0.4) is 0 Å². The van der Waals surface area contributed by atoms with Crippen LogP contribution in [0, 0.1) is 21.4 Å². The average molecular weight is 235 g/mol. The van der Waals surface area contributed by atoms with Gasteiger partial charge < -0.3 is 10.2 Å². The van der Waals surface area contributed by atoms with Gasteiger partial charge in [0.2, 0.25) is 5.82 Å². The first kappa shape index (κ1) is 12.9. The van der Waals surface area contributed by atoms with E-state index >= 15 is 0 Å². The molecule has 1 aromatic heterocycles. The Morgan fingerprint density at radius 1 is 1.71 bits per heavy atom. The summed E-state index contributed by atoms with van der Waals surface area (Å²) >= 11 is 0. The van der Waals surface area contributed by atoms with Gasteiger partial charge in [-0.05, 0) is 13.1 Å². The summed E-state index contributed by atoms with van der Waals surface area (Å²) in [5.41, 5.74) is -0.218. The van der Waals surface area contributed by atoms with E-state index in [0.717, 1.165) is 0 Å². The molecule has 0 fully saturated rings. The molecule has 0 aliphatic rings. The molecule has 0 unspecified atom stereocenters. The molecule has 0 aromatic carbocycles. The Morgan fingerprint density at radius 3 is 2.94 bits per heavy atom. The van der Waals surface area contributed by atoms with Crippen LogP contribution in [0.25, 0.3) is 0 Å². The van der Waals surface area contributed by atoms with Crippen molar-refractivity contribution in [2.75, 3.05) is 32.1 Å². The number of rotatable bonds is 5. The van der Waals surface area contributed by atoms with Gasteiger partial charge in [-0.1, -0.05) is 0 Å². The van der Waals surface area contributed by atoms with Crippen molar-refractivity contribution in [1.29, 1.82) is 5.26 Å². The molecular formula is C10H13N5O2. The fourth-order valence-electron chi connectivity index (χ4n) is 1.38. The molecule has 0 saturated carbocycles. The maximum atomic E-state index is 11.0. The predicted octanol–water partition coefficient (Wildman–Crippen LogP) is 0.517. The lowest BCUT2D eigenvalue weighted by Crippen LogP contribution is -2.28. The van der Waals surface area contributed by atoms with Gasteiger partial charge >= 0.3 is 5.69 Å². The van der Waals surface area contributed by atoms with Crippen LogP contribution in [-0.4, -0.2) is 37.1 Å². The Bertz CT molecular complexity index is 454. The fraction of sp³-hybridized carbons (Fsp3) is 0.400. The molecule has 7 nitrogen and oxygen atoms in total. The van der Waals surface area contributed by atoms with E-state index in [1.807, 2.05) is 0 Å². The van der Waals surface area contributed by atoms with Crippen molar-refractivity contribution in [3.63, 3.8) is 0 Å². The molecule has 7 heteroatoms. The summed E-state index contributed by atoms with van der Waals surface area (Å²) in [6, 6.07) is 3.15. The molecular weight excluding hydrogens is 222 g/mol. The number of nitrogens with one attached hydrogen (secondary N) is 1. The molecule has 0 bridgehead atoms. The Kier molecular flexibility index (Phi) is 4.37. The molecule has 1 aromatic rings. The number of nitrogens with zero attached hydrogens (tertiary/aromatic N) is 4. The highest BCUT2D eigenvalue weighted by Gasteiger charge is 2.23. The Labute approximate surface area is 98.8 Å². The van der Waals surface area contributed by atoms with E-state index in [4.69, 9.17) is 5.26 Å². The number of aromatic nitrogens is 1. The zero-order valence-electron chi connectivity index (χ0n) is 9.67. The van der Waals surface area contributed by atoms with Crippen molar-refractivity contribution in [3.8, 4) is 6.07 Å². The zero-order valence-corrected chi connectivity index (χ0v) is 9.67. The third-order valence-corrected chi connectivity index (χ3v) is 2.27. The fourth-order valence-corrected chi connectivity index (χ4v) is 1.38. The number of nitro groups is 1. The number of anilines is 1.